The highest BCUT2D eigenvalue weighted by molar-refractivity contribution is 6.42. The van der Waals surface area contributed by atoms with E-state index < -0.39 is 0 Å². The van der Waals surface area contributed by atoms with Crippen molar-refractivity contribution >= 4 is 41.5 Å². The largest absolute Gasteiger partial charge is 0.496 e. The van der Waals surface area contributed by atoms with Crippen molar-refractivity contribution in [1.29, 1.82) is 0 Å². The lowest BCUT2D eigenvalue weighted by Gasteiger charge is -2.32. The molecule has 4 nitrogen and oxygen atoms in total. The minimum absolute atomic E-state index is 0. The molecule has 112 valence electrons. The van der Waals surface area contributed by atoms with Crippen LogP contribution in [0.4, 0.5) is 0 Å². The Bertz CT molecular complexity index is 497. The van der Waals surface area contributed by atoms with E-state index in [1.54, 1.807) is 17.0 Å². The standard InChI is InChI=1S/C13H16Cl2N2O2.ClH/c1-8-7-17(4-3-16-8)13(18)9-5-10(14)11(15)6-12(9)19-2;/h5-6,8,16H,3-4,7H2,1-2H3;1H. The average molecular weight is 340 g/mol. The van der Waals surface area contributed by atoms with Crippen LogP contribution in [0.15, 0.2) is 12.1 Å². The normalized spacial score (nSPS) is 18.4. The maximum Gasteiger partial charge on any atom is 0.257 e. The second kappa shape index (κ2) is 7.36. The number of nitrogens with one attached hydrogen (secondary N) is 1. The quantitative estimate of drug-likeness (QED) is 0.901. The van der Waals surface area contributed by atoms with Gasteiger partial charge in [0, 0.05) is 31.7 Å². The molecule has 1 saturated heterocycles. The zero-order valence-corrected chi connectivity index (χ0v) is 13.6. The lowest BCUT2D eigenvalue weighted by Crippen LogP contribution is -2.51. The van der Waals surface area contributed by atoms with Crippen molar-refractivity contribution in [3.05, 3.63) is 27.7 Å². The van der Waals surface area contributed by atoms with Gasteiger partial charge in [0.05, 0.1) is 22.7 Å². The predicted molar refractivity (Wildman–Crippen MR) is 83.6 cm³/mol. The third-order valence-electron chi connectivity index (χ3n) is 3.13. The number of hydrogen-bond donors (Lipinski definition) is 1. The van der Waals surface area contributed by atoms with Gasteiger partial charge in [0.25, 0.3) is 5.91 Å². The Hall–Kier alpha value is -0.680. The van der Waals surface area contributed by atoms with Crippen LogP contribution in [0.25, 0.3) is 0 Å². The SMILES string of the molecule is COc1cc(Cl)c(Cl)cc1C(=O)N1CCNC(C)C1.Cl. The molecule has 1 N–H and O–H groups in total. The van der Waals surface area contributed by atoms with E-state index in [2.05, 4.69) is 5.32 Å². The number of carbonyl (C=O) groups excluding carboxylic acids is 1. The molecule has 0 radical (unpaired) electrons. The molecule has 7 heteroatoms. The number of carbonyl (C=O) groups is 1. The molecule has 1 unspecified atom stereocenters. The molecule has 1 atom stereocenters. The van der Waals surface area contributed by atoms with Crippen molar-refractivity contribution in [1.82, 2.24) is 10.2 Å². The number of hydrogen-bond acceptors (Lipinski definition) is 3. The molecule has 0 saturated carbocycles. The monoisotopic (exact) mass is 338 g/mol. The fourth-order valence-electron chi connectivity index (χ4n) is 2.15. The highest BCUT2D eigenvalue weighted by atomic mass is 35.5. The third kappa shape index (κ3) is 3.70. The molecule has 1 fully saturated rings. The van der Waals surface area contributed by atoms with Crippen molar-refractivity contribution in [3.8, 4) is 5.75 Å². The Morgan fingerprint density at radius 3 is 2.65 bits per heavy atom. The number of halogens is 3. The summed E-state index contributed by atoms with van der Waals surface area (Å²) in [4.78, 5) is 14.3. The van der Waals surface area contributed by atoms with Gasteiger partial charge >= 0.3 is 0 Å². The molecule has 1 aliphatic heterocycles. The molecule has 0 aliphatic carbocycles. The van der Waals surface area contributed by atoms with Crippen molar-refractivity contribution < 1.29 is 9.53 Å². The number of rotatable bonds is 2. The second-order valence-corrected chi connectivity index (χ2v) is 5.39. The van der Waals surface area contributed by atoms with Gasteiger partial charge in [0.2, 0.25) is 0 Å². The third-order valence-corrected chi connectivity index (χ3v) is 3.85. The Morgan fingerprint density at radius 2 is 2.05 bits per heavy atom. The van der Waals surface area contributed by atoms with Crippen LogP contribution in [0, 0.1) is 0 Å². The number of amides is 1. The molecule has 0 aromatic heterocycles. The summed E-state index contributed by atoms with van der Waals surface area (Å²) in [6, 6.07) is 3.42. The van der Waals surface area contributed by atoms with E-state index >= 15 is 0 Å². The zero-order valence-electron chi connectivity index (χ0n) is 11.3. The van der Waals surface area contributed by atoms with Gasteiger partial charge in [-0.25, -0.2) is 0 Å². The zero-order chi connectivity index (χ0) is 14.0. The number of ether oxygens (including phenoxy) is 1. The van der Waals surface area contributed by atoms with E-state index in [4.69, 9.17) is 27.9 Å². The van der Waals surface area contributed by atoms with E-state index in [9.17, 15) is 4.79 Å². The molecule has 1 aromatic carbocycles. The van der Waals surface area contributed by atoms with Gasteiger partial charge in [-0.1, -0.05) is 23.2 Å². The summed E-state index contributed by atoms with van der Waals surface area (Å²) in [5.74, 6) is 0.370. The van der Waals surface area contributed by atoms with Crippen molar-refractivity contribution in [2.45, 2.75) is 13.0 Å². The van der Waals surface area contributed by atoms with Gasteiger partial charge < -0.3 is 15.0 Å². The topological polar surface area (TPSA) is 41.6 Å². The van der Waals surface area contributed by atoms with E-state index in [1.807, 2.05) is 6.92 Å². The first-order valence-electron chi connectivity index (χ1n) is 6.08. The Balaban J connectivity index is 0.00000200. The Morgan fingerprint density at radius 1 is 1.40 bits per heavy atom. The summed E-state index contributed by atoms with van der Waals surface area (Å²) < 4.78 is 5.21. The number of nitrogens with zero attached hydrogens (tertiary/aromatic N) is 1. The molecule has 0 spiro atoms. The summed E-state index contributed by atoms with van der Waals surface area (Å²) in [5.41, 5.74) is 0.450. The van der Waals surface area contributed by atoms with Crippen LogP contribution in [-0.2, 0) is 0 Å². The predicted octanol–water partition coefficient (Wildman–Crippen LogP) is 2.86. The molecular formula is C13H17Cl3N2O2. The van der Waals surface area contributed by atoms with Crippen LogP contribution in [0.5, 0.6) is 5.75 Å². The van der Waals surface area contributed by atoms with Gasteiger partial charge in [-0.3, -0.25) is 4.79 Å². The van der Waals surface area contributed by atoms with Gasteiger partial charge in [0.1, 0.15) is 5.75 Å². The molecule has 1 aromatic rings. The Labute approximate surface area is 134 Å². The van der Waals surface area contributed by atoms with Gasteiger partial charge in [-0.2, -0.15) is 0 Å². The average Bonchev–Trinajstić information content (AvgIpc) is 2.40. The lowest BCUT2D eigenvalue weighted by atomic mass is 10.1. The van der Waals surface area contributed by atoms with Gasteiger partial charge in [0.15, 0.2) is 0 Å². The van der Waals surface area contributed by atoms with Crippen molar-refractivity contribution in [2.75, 3.05) is 26.7 Å². The first kappa shape index (κ1) is 17.4. The van der Waals surface area contributed by atoms with Crippen LogP contribution in [0.3, 0.4) is 0 Å². The molecule has 0 bridgehead atoms. The maximum atomic E-state index is 12.5. The van der Waals surface area contributed by atoms with E-state index in [0.717, 1.165) is 6.54 Å². The second-order valence-electron chi connectivity index (χ2n) is 4.57. The van der Waals surface area contributed by atoms with Gasteiger partial charge in [-0.15, -0.1) is 12.4 Å². The summed E-state index contributed by atoms with van der Waals surface area (Å²) in [6.45, 7) is 4.18. The first-order valence-corrected chi connectivity index (χ1v) is 6.84. The molecule has 1 amide bonds. The fraction of sp³-hybridized carbons (Fsp3) is 0.462. The van der Waals surface area contributed by atoms with E-state index in [-0.39, 0.29) is 24.4 Å². The maximum absolute atomic E-state index is 12.5. The summed E-state index contributed by atoms with van der Waals surface area (Å²) >= 11 is 11.9. The van der Waals surface area contributed by atoms with Gasteiger partial charge in [-0.05, 0) is 13.0 Å². The molecule has 1 aliphatic rings. The molecule has 2 rings (SSSR count). The minimum atomic E-state index is -0.0798. The molecular weight excluding hydrogens is 323 g/mol. The lowest BCUT2D eigenvalue weighted by molar-refractivity contribution is 0.0705. The van der Waals surface area contributed by atoms with Crippen LogP contribution in [0.1, 0.15) is 17.3 Å². The first-order chi connectivity index (χ1) is 9.02. The number of benzene rings is 1. The minimum Gasteiger partial charge on any atom is -0.496 e. The van der Waals surface area contributed by atoms with Crippen LogP contribution in [-0.4, -0.2) is 43.6 Å². The highest BCUT2D eigenvalue weighted by Crippen LogP contribution is 2.31. The summed E-state index contributed by atoms with van der Waals surface area (Å²) in [5, 5.41) is 4.03. The smallest absolute Gasteiger partial charge is 0.257 e. The highest BCUT2D eigenvalue weighted by Gasteiger charge is 2.24. The number of piperazine rings is 1. The van der Waals surface area contributed by atoms with Crippen molar-refractivity contribution in [2.24, 2.45) is 0 Å². The summed E-state index contributed by atoms with van der Waals surface area (Å²) in [6.07, 6.45) is 0. The van der Waals surface area contributed by atoms with Crippen molar-refractivity contribution in [3.63, 3.8) is 0 Å². The Kier molecular flexibility index (Phi) is 6.40. The van der Waals surface area contributed by atoms with Crippen LogP contribution >= 0.6 is 35.6 Å². The van der Waals surface area contributed by atoms with E-state index in [0.29, 0.717) is 34.4 Å². The van der Waals surface area contributed by atoms with Crippen LogP contribution < -0.4 is 10.1 Å². The van der Waals surface area contributed by atoms with Crippen LogP contribution in [0.2, 0.25) is 10.0 Å². The molecule has 20 heavy (non-hydrogen) atoms. The fourth-order valence-corrected chi connectivity index (χ4v) is 2.47. The molecule has 1 heterocycles. The number of methoxy groups -OCH3 is 1. The summed E-state index contributed by atoms with van der Waals surface area (Å²) in [7, 11) is 1.51. The van der Waals surface area contributed by atoms with E-state index in [1.165, 1.54) is 7.11 Å².